The maximum Gasteiger partial charge on any atom is 0.170 e. The topological polar surface area (TPSA) is 56.5 Å². The molecule has 3 aromatic rings. The Morgan fingerprint density at radius 1 is 1.33 bits per heavy atom. The Balaban J connectivity index is 2.36. The Hall–Kier alpha value is -1.75. The molecule has 18 heavy (non-hydrogen) atoms. The highest BCUT2D eigenvalue weighted by molar-refractivity contribution is 9.10. The van der Waals surface area contributed by atoms with Gasteiger partial charge in [0.1, 0.15) is 17.2 Å². The van der Waals surface area contributed by atoms with E-state index >= 15 is 0 Å². The highest BCUT2D eigenvalue weighted by Gasteiger charge is 2.17. The van der Waals surface area contributed by atoms with Crippen LogP contribution in [0, 0.1) is 13.8 Å². The molecule has 92 valence electrons. The molecule has 2 N–H and O–H groups in total. The van der Waals surface area contributed by atoms with Crippen LogP contribution in [0.5, 0.6) is 0 Å². The lowest BCUT2D eigenvalue weighted by atomic mass is 10.2. The fourth-order valence-corrected chi connectivity index (χ4v) is 2.58. The summed E-state index contributed by atoms with van der Waals surface area (Å²) in [6, 6.07) is 5.91. The largest absolute Gasteiger partial charge is 0.461 e. The van der Waals surface area contributed by atoms with Gasteiger partial charge in [0.15, 0.2) is 5.76 Å². The van der Waals surface area contributed by atoms with E-state index in [1.165, 1.54) is 0 Å². The standard InChI is InChI=1S/C13H12BrN3O/c1-7-5-8(2)17-10(6-7)16-11(13(17)15)12-9(14)3-4-18-12/h3-6H,15H2,1-2H3. The van der Waals surface area contributed by atoms with Gasteiger partial charge in [-0.3, -0.25) is 4.40 Å². The predicted molar refractivity (Wildman–Crippen MR) is 74.5 cm³/mol. The molecule has 0 bridgehead atoms. The summed E-state index contributed by atoms with van der Waals surface area (Å²) < 4.78 is 8.21. The van der Waals surface area contributed by atoms with Crippen molar-refractivity contribution in [2.45, 2.75) is 13.8 Å². The fourth-order valence-electron chi connectivity index (χ4n) is 2.19. The number of anilines is 1. The molecule has 0 unspecified atom stereocenters. The van der Waals surface area contributed by atoms with Crippen LogP contribution in [0.4, 0.5) is 5.82 Å². The van der Waals surface area contributed by atoms with Gasteiger partial charge in [0.05, 0.1) is 10.7 Å². The number of nitrogens with zero attached hydrogens (tertiary/aromatic N) is 2. The first kappa shape index (κ1) is 11.3. The Morgan fingerprint density at radius 2 is 2.11 bits per heavy atom. The van der Waals surface area contributed by atoms with Crippen molar-refractivity contribution in [3.63, 3.8) is 0 Å². The summed E-state index contributed by atoms with van der Waals surface area (Å²) in [7, 11) is 0. The van der Waals surface area contributed by atoms with Crippen molar-refractivity contribution in [1.29, 1.82) is 0 Å². The lowest BCUT2D eigenvalue weighted by molar-refractivity contribution is 0.579. The number of hydrogen-bond acceptors (Lipinski definition) is 3. The third kappa shape index (κ3) is 1.54. The molecule has 0 aliphatic heterocycles. The van der Waals surface area contributed by atoms with Gasteiger partial charge in [-0.25, -0.2) is 4.98 Å². The lowest BCUT2D eigenvalue weighted by Gasteiger charge is -2.03. The molecule has 0 aliphatic carbocycles. The molecule has 0 amide bonds. The van der Waals surface area contributed by atoms with E-state index < -0.39 is 0 Å². The molecular weight excluding hydrogens is 294 g/mol. The molecule has 0 spiro atoms. The average molecular weight is 306 g/mol. The molecule has 3 heterocycles. The first-order valence-electron chi connectivity index (χ1n) is 5.56. The molecule has 3 aromatic heterocycles. The minimum atomic E-state index is 0.596. The van der Waals surface area contributed by atoms with Crippen LogP contribution in [0.2, 0.25) is 0 Å². The number of aryl methyl sites for hydroxylation is 2. The van der Waals surface area contributed by atoms with E-state index in [-0.39, 0.29) is 0 Å². The molecule has 0 atom stereocenters. The number of nitrogen functional groups attached to an aromatic ring is 1. The van der Waals surface area contributed by atoms with Gasteiger partial charge < -0.3 is 10.2 Å². The molecule has 0 fully saturated rings. The first-order chi connectivity index (χ1) is 8.58. The Morgan fingerprint density at radius 3 is 2.78 bits per heavy atom. The monoisotopic (exact) mass is 305 g/mol. The average Bonchev–Trinajstić information content (AvgIpc) is 2.82. The molecule has 0 saturated heterocycles. The zero-order valence-corrected chi connectivity index (χ0v) is 11.7. The number of imidazole rings is 1. The van der Waals surface area contributed by atoms with Crippen LogP contribution >= 0.6 is 15.9 Å². The number of hydrogen-bond donors (Lipinski definition) is 1. The summed E-state index contributed by atoms with van der Waals surface area (Å²) in [6.07, 6.45) is 1.61. The minimum Gasteiger partial charge on any atom is -0.461 e. The number of rotatable bonds is 1. The summed E-state index contributed by atoms with van der Waals surface area (Å²) in [6.45, 7) is 4.05. The third-order valence-corrected chi connectivity index (χ3v) is 3.54. The highest BCUT2D eigenvalue weighted by Crippen LogP contribution is 2.33. The van der Waals surface area contributed by atoms with Crippen molar-refractivity contribution in [2.24, 2.45) is 0 Å². The predicted octanol–water partition coefficient (Wildman–Crippen LogP) is 3.56. The van der Waals surface area contributed by atoms with E-state index in [1.807, 2.05) is 30.4 Å². The van der Waals surface area contributed by atoms with Gasteiger partial charge in [-0.05, 0) is 53.5 Å². The van der Waals surface area contributed by atoms with Gasteiger partial charge >= 0.3 is 0 Å². The van der Waals surface area contributed by atoms with Gasteiger partial charge in [-0.2, -0.15) is 0 Å². The Kier molecular flexibility index (Phi) is 2.45. The number of nitrogens with two attached hydrogens (primary N) is 1. The molecule has 0 aromatic carbocycles. The highest BCUT2D eigenvalue weighted by atomic mass is 79.9. The molecule has 0 radical (unpaired) electrons. The zero-order valence-electron chi connectivity index (χ0n) is 10.1. The van der Waals surface area contributed by atoms with Crippen molar-refractivity contribution >= 4 is 27.4 Å². The normalized spacial score (nSPS) is 11.3. The summed E-state index contributed by atoms with van der Waals surface area (Å²) in [5, 5.41) is 0. The third-order valence-electron chi connectivity index (χ3n) is 2.92. The van der Waals surface area contributed by atoms with E-state index in [2.05, 4.69) is 27.0 Å². The quantitative estimate of drug-likeness (QED) is 0.748. The van der Waals surface area contributed by atoms with Crippen LogP contribution in [0.3, 0.4) is 0 Å². The van der Waals surface area contributed by atoms with E-state index in [4.69, 9.17) is 10.2 Å². The first-order valence-corrected chi connectivity index (χ1v) is 6.36. The van der Waals surface area contributed by atoms with Gasteiger partial charge in [-0.1, -0.05) is 0 Å². The Labute approximate surface area is 113 Å². The fraction of sp³-hybridized carbons (Fsp3) is 0.154. The molecular formula is C13H12BrN3O. The molecule has 0 aliphatic rings. The maximum atomic E-state index is 6.17. The SMILES string of the molecule is Cc1cc(C)n2c(N)c(-c3occc3Br)nc2c1. The van der Waals surface area contributed by atoms with E-state index in [0.717, 1.165) is 21.4 Å². The van der Waals surface area contributed by atoms with Crippen molar-refractivity contribution in [3.05, 3.63) is 40.2 Å². The number of halogens is 1. The van der Waals surface area contributed by atoms with Crippen LogP contribution in [0.25, 0.3) is 17.1 Å². The van der Waals surface area contributed by atoms with Crippen LogP contribution in [0.1, 0.15) is 11.3 Å². The maximum absolute atomic E-state index is 6.17. The second-order valence-electron chi connectivity index (χ2n) is 4.31. The van der Waals surface area contributed by atoms with Crippen LogP contribution in [-0.4, -0.2) is 9.38 Å². The van der Waals surface area contributed by atoms with Crippen molar-refractivity contribution in [3.8, 4) is 11.5 Å². The summed E-state index contributed by atoms with van der Waals surface area (Å²) in [5.74, 6) is 1.26. The number of furan rings is 1. The summed E-state index contributed by atoms with van der Waals surface area (Å²) in [4.78, 5) is 4.55. The van der Waals surface area contributed by atoms with E-state index in [1.54, 1.807) is 6.26 Å². The van der Waals surface area contributed by atoms with Crippen molar-refractivity contribution in [1.82, 2.24) is 9.38 Å². The van der Waals surface area contributed by atoms with Crippen molar-refractivity contribution < 1.29 is 4.42 Å². The lowest BCUT2D eigenvalue weighted by Crippen LogP contribution is -1.98. The van der Waals surface area contributed by atoms with Gasteiger partial charge in [-0.15, -0.1) is 0 Å². The Bertz CT molecular complexity index is 742. The van der Waals surface area contributed by atoms with E-state index in [9.17, 15) is 0 Å². The number of pyridine rings is 1. The number of fused-ring (bicyclic) bond motifs is 1. The number of aromatic nitrogens is 2. The minimum absolute atomic E-state index is 0.596. The van der Waals surface area contributed by atoms with Crippen LogP contribution < -0.4 is 5.73 Å². The van der Waals surface area contributed by atoms with Crippen LogP contribution in [0.15, 0.2) is 33.4 Å². The molecule has 3 rings (SSSR count). The summed E-state index contributed by atoms with van der Waals surface area (Å²) in [5.41, 5.74) is 9.89. The zero-order chi connectivity index (χ0) is 12.9. The van der Waals surface area contributed by atoms with Gasteiger partial charge in [0.2, 0.25) is 0 Å². The second kappa shape index (κ2) is 3.88. The second-order valence-corrected chi connectivity index (χ2v) is 5.17. The molecule has 4 nitrogen and oxygen atoms in total. The van der Waals surface area contributed by atoms with Crippen LogP contribution in [-0.2, 0) is 0 Å². The smallest absolute Gasteiger partial charge is 0.170 e. The van der Waals surface area contributed by atoms with Crippen molar-refractivity contribution in [2.75, 3.05) is 5.73 Å². The summed E-state index contributed by atoms with van der Waals surface area (Å²) >= 11 is 3.43. The van der Waals surface area contributed by atoms with Gasteiger partial charge in [0, 0.05) is 5.69 Å². The molecule has 5 heteroatoms. The van der Waals surface area contributed by atoms with Gasteiger partial charge in [0.25, 0.3) is 0 Å². The van der Waals surface area contributed by atoms with E-state index in [0.29, 0.717) is 17.3 Å². The molecule has 0 saturated carbocycles.